The molecular formula is C26H27FN4O3. The van der Waals surface area contributed by atoms with Crippen molar-refractivity contribution in [2.45, 2.75) is 32.6 Å². The zero-order valence-electron chi connectivity index (χ0n) is 19.1. The summed E-state index contributed by atoms with van der Waals surface area (Å²) in [5, 5.41) is 13.2. The predicted octanol–water partition coefficient (Wildman–Crippen LogP) is 5.40. The lowest BCUT2D eigenvalue weighted by atomic mass is 10.0. The number of nitrogens with zero attached hydrogens (tertiary/aromatic N) is 2. The van der Waals surface area contributed by atoms with Crippen molar-refractivity contribution in [3.63, 3.8) is 0 Å². The summed E-state index contributed by atoms with van der Waals surface area (Å²) in [6.07, 6.45) is 4.46. The minimum atomic E-state index is -0.878. The molecule has 34 heavy (non-hydrogen) atoms. The van der Waals surface area contributed by atoms with Crippen LogP contribution in [0.5, 0.6) is 5.75 Å². The number of aromatic amines is 1. The number of halogens is 1. The molecule has 0 fully saturated rings. The number of rotatable bonds is 10. The number of benzene rings is 2. The fourth-order valence-corrected chi connectivity index (χ4v) is 3.69. The van der Waals surface area contributed by atoms with Gasteiger partial charge in [-0.25, -0.2) is 14.4 Å². The van der Waals surface area contributed by atoms with E-state index in [-0.39, 0.29) is 5.82 Å². The molecule has 0 saturated carbocycles. The second kappa shape index (κ2) is 10.3. The van der Waals surface area contributed by atoms with Gasteiger partial charge in [-0.3, -0.25) is 4.79 Å². The van der Waals surface area contributed by atoms with Crippen LogP contribution in [0.15, 0.2) is 54.9 Å². The Labute approximate surface area is 197 Å². The van der Waals surface area contributed by atoms with Gasteiger partial charge in [0, 0.05) is 29.2 Å². The lowest BCUT2D eigenvalue weighted by Gasteiger charge is -2.10. The van der Waals surface area contributed by atoms with E-state index in [1.165, 1.54) is 11.8 Å². The number of carboxylic acids is 1. The third kappa shape index (κ3) is 5.17. The molecule has 0 amide bonds. The standard InChI is InChI=1S/C26H27FN4O3/c1-3-17-5-7-18(8-6-17)24-30-15-22(27)25(31-24)28-11-4-12-34-19-9-10-23-20(13-19)21(14-29-23)16(2)26(32)33/h5-10,13-16,29H,3-4,11-12H2,1-2H3,(H,32,33)(H,28,30,31). The summed E-state index contributed by atoms with van der Waals surface area (Å²) in [5.41, 5.74) is 3.62. The van der Waals surface area contributed by atoms with Crippen molar-refractivity contribution in [1.29, 1.82) is 0 Å². The number of carboxylic acid groups (broad SMARTS) is 1. The number of anilines is 1. The van der Waals surface area contributed by atoms with E-state index in [1.54, 1.807) is 13.1 Å². The normalized spacial score (nSPS) is 12.0. The van der Waals surface area contributed by atoms with Crippen LogP contribution in [0.4, 0.5) is 10.2 Å². The van der Waals surface area contributed by atoms with Crippen molar-refractivity contribution in [1.82, 2.24) is 15.0 Å². The molecule has 0 bridgehead atoms. The van der Waals surface area contributed by atoms with Crippen LogP contribution in [0, 0.1) is 5.82 Å². The van der Waals surface area contributed by atoms with Gasteiger partial charge in [-0.1, -0.05) is 31.2 Å². The fourth-order valence-electron chi connectivity index (χ4n) is 3.69. The largest absolute Gasteiger partial charge is 0.494 e. The summed E-state index contributed by atoms with van der Waals surface area (Å²) in [6.45, 7) is 4.62. The fraction of sp³-hybridized carbons (Fsp3) is 0.269. The number of fused-ring (bicyclic) bond motifs is 1. The second-order valence-corrected chi connectivity index (χ2v) is 8.08. The summed E-state index contributed by atoms with van der Waals surface area (Å²) in [5.74, 6) is -0.730. The second-order valence-electron chi connectivity index (χ2n) is 8.08. The number of aliphatic carboxylic acids is 1. The highest BCUT2D eigenvalue weighted by Crippen LogP contribution is 2.29. The van der Waals surface area contributed by atoms with Gasteiger partial charge in [-0.05, 0) is 49.1 Å². The molecule has 2 aromatic heterocycles. The average molecular weight is 463 g/mol. The SMILES string of the molecule is CCc1ccc(-c2ncc(F)c(NCCCOc3ccc4[nH]cc(C(C)C(=O)O)c4c3)n2)cc1. The van der Waals surface area contributed by atoms with E-state index in [0.29, 0.717) is 36.7 Å². The van der Waals surface area contributed by atoms with Gasteiger partial charge in [0.1, 0.15) is 5.75 Å². The monoisotopic (exact) mass is 462 g/mol. The molecule has 4 rings (SSSR count). The van der Waals surface area contributed by atoms with E-state index in [2.05, 4.69) is 27.2 Å². The third-order valence-corrected chi connectivity index (χ3v) is 5.77. The van der Waals surface area contributed by atoms with Gasteiger partial charge in [-0.2, -0.15) is 0 Å². The van der Waals surface area contributed by atoms with Crippen LogP contribution in [-0.4, -0.2) is 39.2 Å². The summed E-state index contributed by atoms with van der Waals surface area (Å²) in [6, 6.07) is 13.5. The minimum absolute atomic E-state index is 0.158. The summed E-state index contributed by atoms with van der Waals surface area (Å²) >= 11 is 0. The van der Waals surface area contributed by atoms with Gasteiger partial charge >= 0.3 is 5.97 Å². The van der Waals surface area contributed by atoms with E-state index in [9.17, 15) is 14.3 Å². The van der Waals surface area contributed by atoms with Gasteiger partial charge in [0.15, 0.2) is 17.5 Å². The molecule has 176 valence electrons. The van der Waals surface area contributed by atoms with Crippen molar-refractivity contribution in [2.75, 3.05) is 18.5 Å². The molecule has 4 aromatic rings. The first-order valence-electron chi connectivity index (χ1n) is 11.3. The van der Waals surface area contributed by atoms with Crippen LogP contribution in [0.25, 0.3) is 22.3 Å². The Morgan fingerprint density at radius 1 is 1.24 bits per heavy atom. The molecule has 3 N–H and O–H groups in total. The van der Waals surface area contributed by atoms with Crippen molar-refractivity contribution in [2.24, 2.45) is 0 Å². The maximum Gasteiger partial charge on any atom is 0.310 e. The zero-order valence-corrected chi connectivity index (χ0v) is 19.1. The van der Waals surface area contributed by atoms with E-state index in [0.717, 1.165) is 22.9 Å². The lowest BCUT2D eigenvalue weighted by Crippen LogP contribution is -2.10. The number of carbonyl (C=O) groups is 1. The van der Waals surface area contributed by atoms with Gasteiger partial charge in [0.2, 0.25) is 0 Å². The molecule has 0 radical (unpaired) electrons. The summed E-state index contributed by atoms with van der Waals surface area (Å²) in [4.78, 5) is 22.9. The maximum absolute atomic E-state index is 14.2. The molecule has 0 aliphatic heterocycles. The number of aryl methyl sites for hydroxylation is 1. The highest BCUT2D eigenvalue weighted by Gasteiger charge is 2.18. The van der Waals surface area contributed by atoms with Crippen LogP contribution in [0.1, 0.15) is 37.3 Å². The molecule has 0 aliphatic rings. The van der Waals surface area contributed by atoms with Crippen LogP contribution in [-0.2, 0) is 11.2 Å². The van der Waals surface area contributed by atoms with Gasteiger partial charge in [-0.15, -0.1) is 0 Å². The van der Waals surface area contributed by atoms with Crippen LogP contribution < -0.4 is 10.1 Å². The Hall–Kier alpha value is -3.94. The van der Waals surface area contributed by atoms with E-state index in [1.807, 2.05) is 42.5 Å². The zero-order chi connectivity index (χ0) is 24.1. The van der Waals surface area contributed by atoms with Crippen LogP contribution in [0.2, 0.25) is 0 Å². The predicted molar refractivity (Wildman–Crippen MR) is 130 cm³/mol. The maximum atomic E-state index is 14.2. The van der Waals surface area contributed by atoms with E-state index < -0.39 is 17.7 Å². The van der Waals surface area contributed by atoms with Gasteiger partial charge in [0.25, 0.3) is 0 Å². The van der Waals surface area contributed by atoms with Crippen molar-refractivity contribution in [3.05, 3.63) is 71.8 Å². The number of hydrogen-bond donors (Lipinski definition) is 3. The number of nitrogens with one attached hydrogen (secondary N) is 2. The Morgan fingerprint density at radius 2 is 2.03 bits per heavy atom. The van der Waals surface area contributed by atoms with Crippen molar-refractivity contribution >= 4 is 22.7 Å². The molecule has 0 saturated heterocycles. The molecule has 7 nitrogen and oxygen atoms in total. The molecule has 0 aliphatic carbocycles. The first-order chi connectivity index (χ1) is 16.5. The topological polar surface area (TPSA) is 100 Å². The minimum Gasteiger partial charge on any atom is -0.494 e. The number of aromatic nitrogens is 3. The number of ether oxygens (including phenoxy) is 1. The van der Waals surface area contributed by atoms with Crippen molar-refractivity contribution < 1.29 is 19.0 Å². The Morgan fingerprint density at radius 3 is 2.76 bits per heavy atom. The Bertz CT molecular complexity index is 1290. The first-order valence-corrected chi connectivity index (χ1v) is 11.3. The molecule has 1 unspecified atom stereocenters. The molecule has 2 heterocycles. The average Bonchev–Trinajstić information content (AvgIpc) is 3.27. The summed E-state index contributed by atoms with van der Waals surface area (Å²) < 4.78 is 20.0. The first kappa shape index (κ1) is 23.2. The quantitative estimate of drug-likeness (QED) is 0.273. The summed E-state index contributed by atoms with van der Waals surface area (Å²) in [7, 11) is 0. The van der Waals surface area contributed by atoms with E-state index >= 15 is 0 Å². The van der Waals surface area contributed by atoms with Crippen LogP contribution in [0.3, 0.4) is 0 Å². The van der Waals surface area contributed by atoms with Gasteiger partial charge < -0.3 is 20.1 Å². The molecule has 2 aromatic carbocycles. The van der Waals surface area contributed by atoms with E-state index in [4.69, 9.17) is 4.74 Å². The molecule has 8 heteroatoms. The third-order valence-electron chi connectivity index (χ3n) is 5.77. The highest BCUT2D eigenvalue weighted by molar-refractivity contribution is 5.90. The Balaban J connectivity index is 1.33. The number of H-pyrrole nitrogens is 1. The van der Waals surface area contributed by atoms with Crippen LogP contribution >= 0.6 is 0 Å². The highest BCUT2D eigenvalue weighted by atomic mass is 19.1. The molecule has 1 atom stereocenters. The van der Waals surface area contributed by atoms with Crippen molar-refractivity contribution in [3.8, 4) is 17.1 Å². The Kier molecular flexibility index (Phi) is 7.06. The lowest BCUT2D eigenvalue weighted by molar-refractivity contribution is -0.138. The smallest absolute Gasteiger partial charge is 0.310 e. The molecule has 0 spiro atoms. The molecular weight excluding hydrogens is 435 g/mol. The number of hydrogen-bond acceptors (Lipinski definition) is 5. The van der Waals surface area contributed by atoms with Gasteiger partial charge in [0.05, 0.1) is 18.7 Å².